The Morgan fingerprint density at radius 2 is 1.87 bits per heavy atom. The zero-order valence-corrected chi connectivity index (χ0v) is 24.2. The minimum Gasteiger partial charge on any atom is -0.465 e. The predicted octanol–water partition coefficient (Wildman–Crippen LogP) is 3.08. The lowest BCUT2D eigenvalue weighted by Gasteiger charge is -2.19. The number of benzene rings is 3. The van der Waals surface area contributed by atoms with E-state index in [1.807, 2.05) is 30.3 Å². The van der Waals surface area contributed by atoms with Crippen molar-refractivity contribution in [3.8, 4) is 5.69 Å². The van der Waals surface area contributed by atoms with Gasteiger partial charge in [-0.3, -0.25) is 14.9 Å². The molecule has 0 saturated heterocycles. The predicted molar refractivity (Wildman–Crippen MR) is 164 cm³/mol. The van der Waals surface area contributed by atoms with Crippen molar-refractivity contribution in [2.45, 2.75) is 25.3 Å². The highest BCUT2D eigenvalue weighted by Crippen LogP contribution is 2.23. The number of hydrogen-bond donors (Lipinski definition) is 5. The van der Waals surface area contributed by atoms with Gasteiger partial charge in [0.2, 0.25) is 11.8 Å². The molecule has 2 heterocycles. The molecule has 0 spiro atoms. The zero-order chi connectivity index (χ0) is 31.6. The Morgan fingerprint density at radius 1 is 1.02 bits per heavy atom. The summed E-state index contributed by atoms with van der Waals surface area (Å²) in [5.74, 6) is -0.538. The van der Waals surface area contributed by atoms with E-state index < -0.39 is 23.9 Å². The molecular formula is C29H26ClN11O4. The van der Waals surface area contributed by atoms with Crippen molar-refractivity contribution < 1.29 is 19.5 Å². The van der Waals surface area contributed by atoms with E-state index in [9.17, 15) is 19.5 Å². The van der Waals surface area contributed by atoms with Gasteiger partial charge in [-0.25, -0.2) is 4.79 Å². The number of hydrogen-bond acceptors (Lipinski definition) is 9. The molecule has 0 saturated carbocycles. The number of amides is 3. The van der Waals surface area contributed by atoms with Crippen molar-refractivity contribution in [1.29, 1.82) is 0 Å². The molecule has 3 amide bonds. The molecular weight excluding hydrogens is 602 g/mol. The average molecular weight is 628 g/mol. The first-order valence-corrected chi connectivity index (χ1v) is 13.9. The van der Waals surface area contributed by atoms with Crippen LogP contribution in [0.5, 0.6) is 0 Å². The number of carboxylic acid groups (broad SMARTS) is 1. The number of tetrazole rings is 2. The summed E-state index contributed by atoms with van der Waals surface area (Å²) in [5, 5.41) is 42.7. The van der Waals surface area contributed by atoms with Gasteiger partial charge in [0.25, 0.3) is 0 Å². The van der Waals surface area contributed by atoms with E-state index in [-0.39, 0.29) is 6.42 Å². The Kier molecular flexibility index (Phi) is 9.81. The highest BCUT2D eigenvalue weighted by atomic mass is 35.5. The highest BCUT2D eigenvalue weighted by Gasteiger charge is 2.21. The molecule has 0 aliphatic carbocycles. The maximum atomic E-state index is 13.6. The summed E-state index contributed by atoms with van der Waals surface area (Å²) in [6.45, 7) is 0. The number of carbonyl (C=O) groups excluding carboxylic acids is 2. The van der Waals surface area contributed by atoms with Gasteiger partial charge in [-0.1, -0.05) is 47.1 Å². The Morgan fingerprint density at radius 3 is 2.60 bits per heavy atom. The van der Waals surface area contributed by atoms with E-state index in [1.165, 1.54) is 17.1 Å². The molecule has 2 aromatic heterocycles. The summed E-state index contributed by atoms with van der Waals surface area (Å²) in [7, 11) is 0. The summed E-state index contributed by atoms with van der Waals surface area (Å²) < 4.78 is 1.44. The third kappa shape index (κ3) is 8.55. The molecule has 16 heteroatoms. The summed E-state index contributed by atoms with van der Waals surface area (Å²) in [5.41, 5.74) is 3.38. The molecule has 0 fully saturated rings. The van der Waals surface area contributed by atoms with E-state index in [2.05, 4.69) is 52.1 Å². The molecule has 3 aromatic carbocycles. The maximum absolute atomic E-state index is 13.6. The molecule has 45 heavy (non-hydrogen) atoms. The number of halogens is 1. The first-order valence-electron chi connectivity index (χ1n) is 13.6. The molecule has 0 aliphatic rings. The summed E-state index contributed by atoms with van der Waals surface area (Å²) in [6, 6.07) is 18.1. The van der Waals surface area contributed by atoms with Crippen LogP contribution in [0.25, 0.3) is 11.8 Å². The van der Waals surface area contributed by atoms with Crippen molar-refractivity contribution in [3.63, 3.8) is 0 Å². The van der Waals surface area contributed by atoms with Crippen LogP contribution in [-0.2, 0) is 28.9 Å². The number of aromatic nitrogens is 8. The zero-order valence-electron chi connectivity index (χ0n) is 23.5. The molecule has 0 radical (unpaired) electrons. The van der Waals surface area contributed by atoms with Gasteiger partial charge in [0.15, 0.2) is 5.82 Å². The molecule has 15 nitrogen and oxygen atoms in total. The number of nitrogens with zero attached hydrogens (tertiary/aromatic N) is 7. The minimum atomic E-state index is -1.23. The van der Waals surface area contributed by atoms with Gasteiger partial charge in [-0.2, -0.15) is 9.90 Å². The van der Waals surface area contributed by atoms with Crippen LogP contribution in [0.1, 0.15) is 22.5 Å². The maximum Gasteiger partial charge on any atom is 0.409 e. The quantitative estimate of drug-likeness (QED) is 0.128. The van der Waals surface area contributed by atoms with Crippen molar-refractivity contribution in [2.24, 2.45) is 0 Å². The van der Waals surface area contributed by atoms with Crippen LogP contribution in [0.3, 0.4) is 0 Å². The Labute approximate surface area is 260 Å². The fourth-order valence-electron chi connectivity index (χ4n) is 4.46. The topological polar surface area (TPSA) is 206 Å². The van der Waals surface area contributed by atoms with Crippen LogP contribution in [0.4, 0.5) is 16.2 Å². The van der Waals surface area contributed by atoms with Crippen LogP contribution in [0.2, 0.25) is 5.02 Å². The lowest BCUT2D eigenvalue weighted by Crippen LogP contribution is -2.44. The second-order valence-electron chi connectivity index (χ2n) is 9.66. The first-order chi connectivity index (χ1) is 21.8. The fourth-order valence-corrected chi connectivity index (χ4v) is 4.64. The summed E-state index contributed by atoms with van der Waals surface area (Å²) in [6.07, 6.45) is 4.00. The second kappa shape index (κ2) is 14.5. The number of H-pyrrole nitrogens is 1. The number of nitrogens with one attached hydrogen (secondary N) is 4. The molecule has 0 aliphatic heterocycles. The van der Waals surface area contributed by atoms with Crippen LogP contribution in [-0.4, -0.2) is 69.9 Å². The molecule has 0 bridgehead atoms. The Hall–Kier alpha value is -5.96. The van der Waals surface area contributed by atoms with Crippen molar-refractivity contribution >= 4 is 47.0 Å². The van der Waals surface area contributed by atoms with Gasteiger partial charge in [0, 0.05) is 40.9 Å². The van der Waals surface area contributed by atoms with Crippen LogP contribution in [0.15, 0.2) is 79.1 Å². The normalized spacial score (nSPS) is 11.7. The lowest BCUT2D eigenvalue weighted by molar-refractivity contribution is -0.123. The molecule has 1 atom stereocenters. The molecule has 5 aromatic rings. The SMILES string of the molecule is O=C(O)Nc1ccc(NC(=O)[C@H](Cc2ccccc2)NC(=O)C=Cc2cc(Cl)ccc2-n2cnnn2)cc1CCc1nn[nH]n1. The third-order valence-corrected chi connectivity index (χ3v) is 6.77. The van der Waals surface area contributed by atoms with E-state index >= 15 is 0 Å². The van der Waals surface area contributed by atoms with Gasteiger partial charge in [0.1, 0.15) is 12.4 Å². The van der Waals surface area contributed by atoms with E-state index in [1.54, 1.807) is 42.5 Å². The van der Waals surface area contributed by atoms with Gasteiger partial charge in [-0.05, 0) is 70.4 Å². The number of aryl methyl sites for hydroxylation is 2. The molecule has 0 unspecified atom stereocenters. The van der Waals surface area contributed by atoms with Gasteiger partial charge >= 0.3 is 6.09 Å². The molecule has 228 valence electrons. The van der Waals surface area contributed by atoms with E-state index in [0.29, 0.717) is 51.9 Å². The summed E-state index contributed by atoms with van der Waals surface area (Å²) >= 11 is 6.19. The highest BCUT2D eigenvalue weighted by molar-refractivity contribution is 6.30. The monoisotopic (exact) mass is 627 g/mol. The molecule has 5 rings (SSSR count). The van der Waals surface area contributed by atoms with Crippen LogP contribution < -0.4 is 16.0 Å². The first kappa shape index (κ1) is 30.5. The number of carbonyl (C=O) groups is 3. The Balaban J connectivity index is 1.34. The fraction of sp³-hybridized carbons (Fsp3) is 0.138. The number of anilines is 2. The summed E-state index contributed by atoms with van der Waals surface area (Å²) in [4.78, 5) is 38.0. The van der Waals surface area contributed by atoms with E-state index in [0.717, 1.165) is 5.56 Å². The van der Waals surface area contributed by atoms with Crippen LogP contribution >= 0.6 is 11.6 Å². The van der Waals surface area contributed by atoms with Gasteiger partial charge < -0.3 is 15.7 Å². The van der Waals surface area contributed by atoms with Gasteiger partial charge in [-0.15, -0.1) is 15.3 Å². The lowest BCUT2D eigenvalue weighted by atomic mass is 10.0. The largest absolute Gasteiger partial charge is 0.465 e. The van der Waals surface area contributed by atoms with Gasteiger partial charge in [0.05, 0.1) is 5.69 Å². The van der Waals surface area contributed by atoms with E-state index in [4.69, 9.17) is 11.6 Å². The molecule has 5 N–H and O–H groups in total. The van der Waals surface area contributed by atoms with Crippen LogP contribution in [0, 0.1) is 0 Å². The third-order valence-electron chi connectivity index (χ3n) is 6.54. The number of rotatable bonds is 12. The average Bonchev–Trinajstić information content (AvgIpc) is 3.75. The number of aromatic amines is 1. The Bertz CT molecular complexity index is 1800. The van der Waals surface area contributed by atoms with Crippen molar-refractivity contribution in [1.82, 2.24) is 46.1 Å². The van der Waals surface area contributed by atoms with Crippen molar-refractivity contribution in [2.75, 3.05) is 10.6 Å². The second-order valence-corrected chi connectivity index (χ2v) is 10.1. The standard InChI is InChI=1S/C29H26ClN11O4/c30-21-8-11-25(41-17-31-37-40-41)20(15-21)7-13-27(42)33-24(14-18-4-2-1-3-5-18)28(43)32-22-9-10-23(34-29(44)45)19(16-22)6-12-26-35-38-39-36-26/h1-5,7-11,13,15-17,24,34H,6,12,14H2,(H,32,43)(H,33,42)(H,44,45)(H,35,36,38,39)/t24-/m0/s1. The smallest absolute Gasteiger partial charge is 0.409 e. The minimum absolute atomic E-state index is 0.211. The van der Waals surface area contributed by atoms with Crippen molar-refractivity contribution in [3.05, 3.63) is 107 Å².